The van der Waals surface area contributed by atoms with Gasteiger partial charge < -0.3 is 0 Å². The molecule has 2 N–H and O–H groups in total. The van der Waals surface area contributed by atoms with Crippen molar-refractivity contribution in [2.45, 2.75) is 13.5 Å². The lowest BCUT2D eigenvalue weighted by Crippen LogP contribution is -2.36. The molecule has 0 bridgehead atoms. The molecule has 0 fully saturated rings. The van der Waals surface area contributed by atoms with E-state index in [1.54, 1.807) is 30.6 Å². The molecular weight excluding hydrogens is 408 g/mol. The highest BCUT2D eigenvalue weighted by Crippen LogP contribution is 2.14. The van der Waals surface area contributed by atoms with Crippen molar-refractivity contribution >= 4 is 28.4 Å². The van der Waals surface area contributed by atoms with Crippen molar-refractivity contribution in [3.63, 3.8) is 0 Å². The Bertz CT molecular complexity index is 1320. The highest BCUT2D eigenvalue weighted by atomic mass is 35.5. The molecule has 0 aliphatic heterocycles. The van der Waals surface area contributed by atoms with Crippen LogP contribution in [0.25, 0.3) is 10.9 Å². The van der Waals surface area contributed by atoms with E-state index in [2.05, 4.69) is 32.7 Å². The van der Waals surface area contributed by atoms with Crippen LogP contribution in [-0.4, -0.2) is 15.9 Å². The number of para-hydroxylation sites is 1. The van der Waals surface area contributed by atoms with Crippen LogP contribution >= 0.6 is 11.6 Å². The van der Waals surface area contributed by atoms with E-state index in [1.165, 1.54) is 0 Å². The third-order valence-corrected chi connectivity index (χ3v) is 5.09. The second-order valence-electron chi connectivity index (χ2n) is 6.96. The van der Waals surface area contributed by atoms with Crippen LogP contribution in [0, 0.1) is 18.8 Å². The van der Waals surface area contributed by atoms with Crippen LogP contribution in [0.5, 0.6) is 0 Å². The predicted octanol–water partition coefficient (Wildman–Crippen LogP) is 4.43. The normalized spacial score (nSPS) is 10.4. The Morgan fingerprint density at radius 3 is 2.77 bits per heavy atom. The number of nitrogens with zero attached hydrogens (tertiary/aromatic N) is 2. The number of fused-ring (bicyclic) bond motifs is 1. The maximum atomic E-state index is 12.5. The van der Waals surface area contributed by atoms with Gasteiger partial charge in [-0.2, -0.15) is 0 Å². The summed E-state index contributed by atoms with van der Waals surface area (Å²) in [6.07, 6.45) is 3.38. The Labute approximate surface area is 185 Å². The average molecular weight is 427 g/mol. The number of aromatic nitrogens is 2. The van der Waals surface area contributed by atoms with Gasteiger partial charge in [-0.15, -0.1) is 0 Å². The Balaban J connectivity index is 1.47. The first kappa shape index (κ1) is 20.5. The van der Waals surface area contributed by atoms with Crippen molar-refractivity contribution in [3.8, 4) is 11.8 Å². The number of hydrogen-bond donors (Lipinski definition) is 2. The highest BCUT2D eigenvalue weighted by molar-refractivity contribution is 6.30. The van der Waals surface area contributed by atoms with E-state index in [1.807, 2.05) is 49.4 Å². The monoisotopic (exact) mass is 426 g/mol. The molecule has 4 rings (SSSR count). The van der Waals surface area contributed by atoms with Crippen LogP contribution in [0.1, 0.15) is 32.6 Å². The number of rotatable bonds is 4. The van der Waals surface area contributed by atoms with Gasteiger partial charge in [0, 0.05) is 46.6 Å². The van der Waals surface area contributed by atoms with E-state index in [0.29, 0.717) is 17.3 Å². The minimum absolute atomic E-state index is 0.254. The molecule has 0 radical (unpaired) electrons. The summed E-state index contributed by atoms with van der Waals surface area (Å²) in [4.78, 5) is 21.0. The molecule has 0 unspecified atom stereocenters. The quantitative estimate of drug-likeness (QED) is 0.288. The summed E-state index contributed by atoms with van der Waals surface area (Å²) >= 11 is 6.03. The molecule has 2 heterocycles. The third-order valence-electron chi connectivity index (χ3n) is 4.75. The van der Waals surface area contributed by atoms with Gasteiger partial charge in [-0.25, -0.2) is 10.4 Å². The number of amides is 1. The van der Waals surface area contributed by atoms with Gasteiger partial charge in [0.05, 0.1) is 5.52 Å². The maximum Gasteiger partial charge on any atom is 0.265 e. The zero-order chi connectivity index (χ0) is 21.6. The van der Waals surface area contributed by atoms with E-state index in [-0.39, 0.29) is 5.91 Å². The summed E-state index contributed by atoms with van der Waals surface area (Å²) in [6.45, 7) is 2.33. The minimum Gasteiger partial charge on any atom is -0.287 e. The Morgan fingerprint density at radius 2 is 1.90 bits per heavy atom. The first-order valence-electron chi connectivity index (χ1n) is 9.70. The molecule has 0 saturated carbocycles. The summed E-state index contributed by atoms with van der Waals surface area (Å²) in [6, 6.07) is 19.0. The van der Waals surface area contributed by atoms with Crippen LogP contribution in [0.2, 0.25) is 5.15 Å². The van der Waals surface area contributed by atoms with E-state index in [0.717, 1.165) is 33.2 Å². The number of carbonyl (C=O) groups is 1. The molecule has 1 amide bonds. The van der Waals surface area contributed by atoms with Crippen molar-refractivity contribution in [2.75, 3.05) is 0 Å². The average Bonchev–Trinajstić information content (AvgIpc) is 2.79. The summed E-state index contributed by atoms with van der Waals surface area (Å²) < 4.78 is 0. The fraction of sp³-hybridized carbons (Fsp3) is 0.0800. The van der Waals surface area contributed by atoms with Crippen molar-refractivity contribution in [3.05, 3.63) is 106 Å². The van der Waals surface area contributed by atoms with Gasteiger partial charge >= 0.3 is 0 Å². The van der Waals surface area contributed by atoms with E-state index in [9.17, 15) is 4.79 Å². The number of hydrazine groups is 1. The van der Waals surface area contributed by atoms with Crippen LogP contribution in [0.3, 0.4) is 0 Å². The van der Waals surface area contributed by atoms with E-state index < -0.39 is 0 Å². The summed E-state index contributed by atoms with van der Waals surface area (Å²) in [5, 5.41) is 1.44. The van der Waals surface area contributed by atoms with Crippen molar-refractivity contribution in [1.29, 1.82) is 0 Å². The molecule has 2 aromatic carbocycles. The standard InChI is InChI=1S/C25H19ClN4O/c1-17-8-10-21(25(31)30-29-16-22-6-4-12-27-24(22)26)14-19(17)11-9-18-13-20-5-2-3-7-23(20)28-15-18/h2-8,10,12-15,29H,16H2,1H3,(H,30,31). The van der Waals surface area contributed by atoms with Crippen LogP contribution in [0.4, 0.5) is 0 Å². The second kappa shape index (κ2) is 9.40. The summed E-state index contributed by atoms with van der Waals surface area (Å²) in [5.74, 6) is 6.06. The molecule has 5 nitrogen and oxygen atoms in total. The Hall–Kier alpha value is -3.72. The van der Waals surface area contributed by atoms with Crippen molar-refractivity contribution < 1.29 is 4.79 Å². The van der Waals surface area contributed by atoms with Gasteiger partial charge in [0.1, 0.15) is 5.15 Å². The number of nitrogens with one attached hydrogen (secondary N) is 2. The predicted molar refractivity (Wildman–Crippen MR) is 122 cm³/mol. The fourth-order valence-corrected chi connectivity index (χ4v) is 3.21. The number of pyridine rings is 2. The first-order chi connectivity index (χ1) is 15.1. The topological polar surface area (TPSA) is 66.9 Å². The van der Waals surface area contributed by atoms with Gasteiger partial charge in [0.15, 0.2) is 0 Å². The molecule has 0 atom stereocenters. The number of benzene rings is 2. The molecule has 31 heavy (non-hydrogen) atoms. The molecule has 4 aromatic rings. The SMILES string of the molecule is Cc1ccc(C(=O)NNCc2cccnc2Cl)cc1C#Cc1cnc2ccccc2c1. The molecule has 0 aliphatic rings. The molecule has 0 aliphatic carbocycles. The van der Waals surface area contributed by atoms with E-state index in [4.69, 9.17) is 11.6 Å². The molecule has 0 spiro atoms. The second-order valence-corrected chi connectivity index (χ2v) is 7.32. The largest absolute Gasteiger partial charge is 0.287 e. The summed E-state index contributed by atoms with van der Waals surface area (Å²) in [5.41, 5.74) is 10.4. The van der Waals surface area contributed by atoms with Crippen LogP contribution in [0.15, 0.2) is 73.1 Å². The molecule has 6 heteroatoms. The lowest BCUT2D eigenvalue weighted by Gasteiger charge is -2.09. The molecule has 152 valence electrons. The van der Waals surface area contributed by atoms with E-state index >= 15 is 0 Å². The zero-order valence-corrected chi connectivity index (χ0v) is 17.6. The van der Waals surface area contributed by atoms with Crippen LogP contribution in [-0.2, 0) is 6.54 Å². The highest BCUT2D eigenvalue weighted by Gasteiger charge is 2.08. The summed E-state index contributed by atoms with van der Waals surface area (Å²) in [7, 11) is 0. The Kier molecular flexibility index (Phi) is 6.23. The zero-order valence-electron chi connectivity index (χ0n) is 16.8. The first-order valence-corrected chi connectivity index (χ1v) is 10.1. The lowest BCUT2D eigenvalue weighted by molar-refractivity contribution is 0.0932. The smallest absolute Gasteiger partial charge is 0.265 e. The van der Waals surface area contributed by atoms with Gasteiger partial charge in [-0.05, 0) is 42.8 Å². The van der Waals surface area contributed by atoms with Gasteiger partial charge in [0.2, 0.25) is 0 Å². The Morgan fingerprint density at radius 1 is 1.03 bits per heavy atom. The molecular formula is C25H19ClN4O. The maximum absolute atomic E-state index is 12.5. The number of halogens is 1. The van der Waals surface area contributed by atoms with Crippen molar-refractivity contribution in [2.24, 2.45) is 0 Å². The van der Waals surface area contributed by atoms with Crippen molar-refractivity contribution in [1.82, 2.24) is 20.8 Å². The van der Waals surface area contributed by atoms with Gasteiger partial charge in [-0.1, -0.05) is 53.8 Å². The van der Waals surface area contributed by atoms with Gasteiger partial charge in [-0.3, -0.25) is 15.2 Å². The van der Waals surface area contributed by atoms with Crippen LogP contribution < -0.4 is 10.9 Å². The molecule has 0 saturated heterocycles. The lowest BCUT2D eigenvalue weighted by atomic mass is 10.0. The minimum atomic E-state index is -0.254. The number of aryl methyl sites for hydroxylation is 1. The number of carbonyl (C=O) groups excluding carboxylic acids is 1. The molecule has 2 aromatic heterocycles. The number of hydrogen-bond acceptors (Lipinski definition) is 4. The third kappa shape index (κ3) is 5.07. The fourth-order valence-electron chi connectivity index (χ4n) is 3.02. The van der Waals surface area contributed by atoms with Gasteiger partial charge in [0.25, 0.3) is 5.91 Å².